The summed E-state index contributed by atoms with van der Waals surface area (Å²) in [5.41, 5.74) is 1.13. The maximum absolute atomic E-state index is 12.2. The summed E-state index contributed by atoms with van der Waals surface area (Å²) in [7, 11) is 0. The molecule has 1 atom stereocenters. The Bertz CT molecular complexity index is 700. The van der Waals surface area contributed by atoms with Crippen LogP contribution in [0.1, 0.15) is 24.2 Å². The van der Waals surface area contributed by atoms with E-state index in [-0.39, 0.29) is 11.7 Å². The van der Waals surface area contributed by atoms with Gasteiger partial charge in [0.2, 0.25) is 0 Å². The monoisotopic (exact) mass is 361 g/mol. The highest BCUT2D eigenvalue weighted by Gasteiger charge is 2.15. The van der Waals surface area contributed by atoms with Gasteiger partial charge in [-0.25, -0.2) is 0 Å². The number of anilines is 1. The van der Waals surface area contributed by atoms with Gasteiger partial charge in [-0.1, -0.05) is 34.1 Å². The molecule has 114 valence electrons. The van der Waals surface area contributed by atoms with E-state index in [1.807, 2.05) is 12.1 Å². The summed E-state index contributed by atoms with van der Waals surface area (Å²) in [6.07, 6.45) is -0.657. The third kappa shape index (κ3) is 4.43. The van der Waals surface area contributed by atoms with Gasteiger partial charge in [0.15, 0.2) is 11.9 Å². The zero-order valence-corrected chi connectivity index (χ0v) is 13.9. The van der Waals surface area contributed by atoms with Gasteiger partial charge in [0, 0.05) is 15.7 Å². The molecular weight excluding hydrogens is 346 g/mol. The molecule has 1 N–H and O–H groups in total. The summed E-state index contributed by atoms with van der Waals surface area (Å²) in [6.45, 7) is 3.16. The number of rotatable bonds is 5. The van der Waals surface area contributed by atoms with Crippen molar-refractivity contribution in [2.75, 3.05) is 5.32 Å². The van der Waals surface area contributed by atoms with Gasteiger partial charge in [-0.3, -0.25) is 9.59 Å². The minimum atomic E-state index is -0.657. The third-order valence-corrected chi connectivity index (χ3v) is 3.51. The Balaban J connectivity index is 2.02. The predicted molar refractivity (Wildman–Crippen MR) is 89.3 cm³/mol. The maximum Gasteiger partial charge on any atom is 0.265 e. The van der Waals surface area contributed by atoms with Crippen molar-refractivity contribution in [1.82, 2.24) is 0 Å². The van der Waals surface area contributed by atoms with Crippen LogP contribution in [0.5, 0.6) is 5.75 Å². The lowest BCUT2D eigenvalue weighted by atomic mass is 10.1. The molecule has 0 aliphatic heterocycles. The van der Waals surface area contributed by atoms with Crippen LogP contribution in [-0.4, -0.2) is 17.8 Å². The smallest absolute Gasteiger partial charge is 0.265 e. The second-order valence-corrected chi connectivity index (χ2v) is 5.76. The number of benzene rings is 2. The molecule has 2 aromatic carbocycles. The molecule has 0 aliphatic rings. The molecule has 0 aliphatic carbocycles. The fraction of sp³-hybridized carbons (Fsp3) is 0.176. The number of carbonyl (C=O) groups excluding carboxylic acids is 2. The van der Waals surface area contributed by atoms with Gasteiger partial charge in [-0.2, -0.15) is 0 Å². The fourth-order valence-corrected chi connectivity index (χ4v) is 2.24. The van der Waals surface area contributed by atoms with Crippen LogP contribution in [0.15, 0.2) is 53.0 Å². The Morgan fingerprint density at radius 3 is 2.55 bits per heavy atom. The molecule has 0 fully saturated rings. The van der Waals surface area contributed by atoms with Crippen LogP contribution in [-0.2, 0) is 4.79 Å². The van der Waals surface area contributed by atoms with E-state index in [1.165, 1.54) is 6.92 Å². The van der Waals surface area contributed by atoms with Crippen molar-refractivity contribution >= 4 is 33.3 Å². The van der Waals surface area contributed by atoms with Crippen molar-refractivity contribution in [3.05, 3.63) is 58.6 Å². The van der Waals surface area contributed by atoms with Crippen LogP contribution in [0.2, 0.25) is 0 Å². The Morgan fingerprint density at radius 1 is 1.14 bits per heavy atom. The number of halogens is 1. The van der Waals surface area contributed by atoms with Crippen molar-refractivity contribution in [2.24, 2.45) is 0 Å². The van der Waals surface area contributed by atoms with Gasteiger partial charge in [0.25, 0.3) is 5.91 Å². The lowest BCUT2D eigenvalue weighted by Crippen LogP contribution is -2.30. The molecule has 1 amide bonds. The second kappa shape index (κ2) is 7.22. The lowest BCUT2D eigenvalue weighted by Gasteiger charge is -2.15. The highest BCUT2D eigenvalue weighted by molar-refractivity contribution is 9.10. The van der Waals surface area contributed by atoms with Crippen LogP contribution in [0, 0.1) is 0 Å². The van der Waals surface area contributed by atoms with E-state index in [2.05, 4.69) is 21.2 Å². The zero-order valence-electron chi connectivity index (χ0n) is 12.3. The molecule has 4 nitrogen and oxygen atoms in total. The van der Waals surface area contributed by atoms with Gasteiger partial charge in [-0.05, 0) is 44.2 Å². The molecule has 0 aromatic heterocycles. The van der Waals surface area contributed by atoms with E-state index in [0.29, 0.717) is 17.0 Å². The van der Waals surface area contributed by atoms with Gasteiger partial charge >= 0.3 is 0 Å². The molecule has 5 heteroatoms. The Kier molecular flexibility index (Phi) is 5.33. The van der Waals surface area contributed by atoms with Crippen LogP contribution < -0.4 is 10.1 Å². The number of ketones is 1. The Labute approximate surface area is 137 Å². The third-order valence-electron chi connectivity index (χ3n) is 3.01. The largest absolute Gasteiger partial charge is 0.481 e. The first kappa shape index (κ1) is 16.2. The standard InChI is InChI=1S/C17H16BrNO3/c1-11(20)13-5-3-7-15(9-13)19-17(21)12(2)22-16-8-4-6-14(18)10-16/h3-10,12H,1-2H3,(H,19,21). The lowest BCUT2D eigenvalue weighted by molar-refractivity contribution is -0.122. The molecule has 0 bridgehead atoms. The number of Topliss-reactive ketones (excluding diaryl/α,β-unsaturated/α-hetero) is 1. The number of ether oxygens (including phenoxy) is 1. The summed E-state index contributed by atoms with van der Waals surface area (Å²) < 4.78 is 6.48. The highest BCUT2D eigenvalue weighted by atomic mass is 79.9. The van der Waals surface area contributed by atoms with Gasteiger partial charge in [-0.15, -0.1) is 0 Å². The molecule has 0 saturated carbocycles. The zero-order chi connectivity index (χ0) is 16.1. The topological polar surface area (TPSA) is 55.4 Å². The van der Waals surface area contributed by atoms with E-state index in [1.54, 1.807) is 43.3 Å². The van der Waals surface area contributed by atoms with Crippen molar-refractivity contribution in [1.29, 1.82) is 0 Å². The van der Waals surface area contributed by atoms with Crippen molar-refractivity contribution < 1.29 is 14.3 Å². The first-order chi connectivity index (χ1) is 10.5. The number of carbonyl (C=O) groups is 2. The SMILES string of the molecule is CC(=O)c1cccc(NC(=O)C(C)Oc2cccc(Br)c2)c1. The van der Waals surface area contributed by atoms with Crippen LogP contribution in [0.3, 0.4) is 0 Å². The molecule has 0 saturated heterocycles. The summed E-state index contributed by atoms with van der Waals surface area (Å²) in [5.74, 6) is 0.282. The highest BCUT2D eigenvalue weighted by Crippen LogP contribution is 2.19. The number of hydrogen-bond acceptors (Lipinski definition) is 3. The van der Waals surface area contributed by atoms with Gasteiger partial charge < -0.3 is 10.1 Å². The molecule has 0 radical (unpaired) electrons. The van der Waals surface area contributed by atoms with Crippen molar-refractivity contribution in [3.8, 4) is 5.75 Å². The molecule has 2 rings (SSSR count). The molecule has 0 spiro atoms. The van der Waals surface area contributed by atoms with E-state index in [9.17, 15) is 9.59 Å². The molecule has 0 heterocycles. The van der Waals surface area contributed by atoms with E-state index in [4.69, 9.17) is 4.74 Å². The first-order valence-corrected chi connectivity index (χ1v) is 7.59. The Morgan fingerprint density at radius 2 is 1.86 bits per heavy atom. The van der Waals surface area contributed by atoms with Crippen LogP contribution in [0.25, 0.3) is 0 Å². The average Bonchev–Trinajstić information content (AvgIpc) is 2.47. The molecule has 1 unspecified atom stereocenters. The molecule has 22 heavy (non-hydrogen) atoms. The second-order valence-electron chi connectivity index (χ2n) is 4.84. The quantitative estimate of drug-likeness (QED) is 0.817. The number of amides is 1. The van der Waals surface area contributed by atoms with E-state index < -0.39 is 6.10 Å². The summed E-state index contributed by atoms with van der Waals surface area (Å²) >= 11 is 3.35. The molecule has 2 aromatic rings. The maximum atomic E-state index is 12.2. The average molecular weight is 362 g/mol. The van der Waals surface area contributed by atoms with Crippen LogP contribution >= 0.6 is 15.9 Å². The first-order valence-electron chi connectivity index (χ1n) is 6.80. The van der Waals surface area contributed by atoms with E-state index >= 15 is 0 Å². The predicted octanol–water partition coefficient (Wildman–Crippen LogP) is 4.06. The van der Waals surface area contributed by atoms with Crippen molar-refractivity contribution in [3.63, 3.8) is 0 Å². The fourth-order valence-electron chi connectivity index (χ4n) is 1.86. The minimum absolute atomic E-state index is 0.0467. The summed E-state index contributed by atoms with van der Waals surface area (Å²) in [4.78, 5) is 23.5. The Hall–Kier alpha value is -2.14. The van der Waals surface area contributed by atoms with Crippen molar-refractivity contribution in [2.45, 2.75) is 20.0 Å². The van der Waals surface area contributed by atoms with Gasteiger partial charge in [0.05, 0.1) is 0 Å². The normalized spacial score (nSPS) is 11.6. The van der Waals surface area contributed by atoms with Crippen LogP contribution in [0.4, 0.5) is 5.69 Å². The number of hydrogen-bond donors (Lipinski definition) is 1. The van der Waals surface area contributed by atoms with Gasteiger partial charge in [0.1, 0.15) is 5.75 Å². The van der Waals surface area contributed by atoms with E-state index in [0.717, 1.165) is 4.47 Å². The summed E-state index contributed by atoms with van der Waals surface area (Å²) in [6, 6.07) is 14.1. The molecular formula is C17H16BrNO3. The summed E-state index contributed by atoms with van der Waals surface area (Å²) in [5, 5.41) is 2.74. The minimum Gasteiger partial charge on any atom is -0.481 e. The number of nitrogens with one attached hydrogen (secondary N) is 1.